The lowest BCUT2D eigenvalue weighted by atomic mass is 10.2. The number of aromatic nitrogens is 2. The van der Waals surface area contributed by atoms with Crippen LogP contribution in [0.3, 0.4) is 0 Å². The average Bonchev–Trinajstić information content (AvgIpc) is 2.73. The van der Waals surface area contributed by atoms with Crippen LogP contribution in [0.5, 0.6) is 0 Å². The average molecular weight is 342 g/mol. The lowest BCUT2D eigenvalue weighted by Crippen LogP contribution is -1.82. The summed E-state index contributed by atoms with van der Waals surface area (Å²) in [5.41, 5.74) is 2.58. The molecule has 0 N–H and O–H groups in total. The topological polar surface area (TPSA) is 17.3 Å². The minimum absolute atomic E-state index is 0.542. The highest BCUT2D eigenvalue weighted by atomic mass is 79.9. The van der Waals surface area contributed by atoms with Crippen molar-refractivity contribution in [1.82, 2.24) is 9.38 Å². The van der Waals surface area contributed by atoms with Gasteiger partial charge in [-0.1, -0.05) is 57.3 Å². The van der Waals surface area contributed by atoms with Gasteiger partial charge >= 0.3 is 0 Å². The van der Waals surface area contributed by atoms with Gasteiger partial charge in [0.25, 0.3) is 0 Å². The fourth-order valence-corrected chi connectivity index (χ4v) is 2.84. The number of nitrogens with zero attached hydrogens (tertiary/aromatic N) is 2. The Labute approximate surface area is 122 Å². The van der Waals surface area contributed by atoms with Gasteiger partial charge in [0, 0.05) is 22.4 Å². The summed E-state index contributed by atoms with van der Waals surface area (Å²) >= 11 is 15.6. The van der Waals surface area contributed by atoms with Crippen LogP contribution < -0.4 is 0 Å². The predicted octanol–water partition coefficient (Wildman–Crippen LogP) is 5.07. The van der Waals surface area contributed by atoms with Crippen LogP contribution in [0, 0.1) is 0 Å². The Morgan fingerprint density at radius 1 is 1.11 bits per heavy atom. The molecule has 3 rings (SSSR count). The maximum atomic E-state index is 6.12. The van der Waals surface area contributed by atoms with Gasteiger partial charge in [-0.25, -0.2) is 4.98 Å². The molecule has 5 heteroatoms. The molecule has 0 saturated heterocycles. The van der Waals surface area contributed by atoms with Gasteiger partial charge in [0.15, 0.2) is 5.65 Å². The fraction of sp³-hybridized carbons (Fsp3) is 0. The van der Waals surface area contributed by atoms with Crippen LogP contribution in [-0.2, 0) is 0 Å². The molecule has 1 aromatic carbocycles. The fourth-order valence-electron chi connectivity index (χ4n) is 1.82. The summed E-state index contributed by atoms with van der Waals surface area (Å²) in [5.74, 6) is 0. The number of rotatable bonds is 1. The minimum atomic E-state index is 0.542. The standard InChI is InChI=1S/C13H7BrCl2N2/c14-10-4-2-1-3-9(10)12-7-18-6-8(15)5-11(16)13(18)17-12/h1-7H. The Morgan fingerprint density at radius 3 is 2.67 bits per heavy atom. The number of halogens is 3. The Balaban J connectivity index is 2.26. The monoisotopic (exact) mass is 340 g/mol. The highest BCUT2D eigenvalue weighted by Gasteiger charge is 2.10. The SMILES string of the molecule is Clc1cc(Cl)c2nc(-c3ccccc3Br)cn2c1. The molecule has 0 amide bonds. The van der Waals surface area contributed by atoms with Gasteiger partial charge in [0.1, 0.15) is 0 Å². The van der Waals surface area contributed by atoms with E-state index in [0.29, 0.717) is 15.7 Å². The van der Waals surface area contributed by atoms with Crippen molar-refractivity contribution in [2.24, 2.45) is 0 Å². The maximum absolute atomic E-state index is 6.12. The van der Waals surface area contributed by atoms with Crippen LogP contribution in [0.25, 0.3) is 16.9 Å². The molecule has 2 aromatic heterocycles. The van der Waals surface area contributed by atoms with E-state index in [-0.39, 0.29) is 0 Å². The van der Waals surface area contributed by atoms with E-state index in [2.05, 4.69) is 20.9 Å². The lowest BCUT2D eigenvalue weighted by Gasteiger charge is -1.98. The van der Waals surface area contributed by atoms with E-state index in [9.17, 15) is 0 Å². The van der Waals surface area contributed by atoms with Gasteiger partial charge in [-0.3, -0.25) is 0 Å². The maximum Gasteiger partial charge on any atom is 0.156 e. The predicted molar refractivity (Wildman–Crippen MR) is 78.3 cm³/mol. The smallest absolute Gasteiger partial charge is 0.156 e. The number of fused-ring (bicyclic) bond motifs is 1. The van der Waals surface area contributed by atoms with E-state index >= 15 is 0 Å². The molecule has 90 valence electrons. The van der Waals surface area contributed by atoms with Gasteiger partial charge in [0.05, 0.1) is 15.7 Å². The molecule has 0 aliphatic carbocycles. The second kappa shape index (κ2) is 4.57. The van der Waals surface area contributed by atoms with Crippen molar-refractivity contribution in [2.45, 2.75) is 0 Å². The summed E-state index contributed by atoms with van der Waals surface area (Å²) in [4.78, 5) is 4.53. The highest BCUT2D eigenvalue weighted by Crippen LogP contribution is 2.29. The van der Waals surface area contributed by atoms with E-state index in [1.807, 2.05) is 34.9 Å². The second-order valence-electron chi connectivity index (χ2n) is 3.84. The van der Waals surface area contributed by atoms with Gasteiger partial charge in [0.2, 0.25) is 0 Å². The summed E-state index contributed by atoms with van der Waals surface area (Å²) in [6.07, 6.45) is 3.70. The van der Waals surface area contributed by atoms with E-state index < -0.39 is 0 Å². The first-order valence-electron chi connectivity index (χ1n) is 5.24. The van der Waals surface area contributed by atoms with Crippen molar-refractivity contribution in [3.05, 3.63) is 57.2 Å². The van der Waals surface area contributed by atoms with Gasteiger partial charge in [-0.15, -0.1) is 0 Å². The van der Waals surface area contributed by atoms with E-state index in [1.54, 1.807) is 12.3 Å². The Kier molecular flexibility index (Phi) is 3.06. The zero-order valence-electron chi connectivity index (χ0n) is 9.07. The van der Waals surface area contributed by atoms with Crippen molar-refractivity contribution in [2.75, 3.05) is 0 Å². The molecule has 0 bridgehead atoms. The molecular weight excluding hydrogens is 335 g/mol. The van der Waals surface area contributed by atoms with Crippen molar-refractivity contribution in [1.29, 1.82) is 0 Å². The summed E-state index contributed by atoms with van der Waals surface area (Å²) in [6, 6.07) is 9.61. The van der Waals surface area contributed by atoms with Crippen molar-refractivity contribution >= 4 is 44.8 Å². The second-order valence-corrected chi connectivity index (χ2v) is 5.54. The lowest BCUT2D eigenvalue weighted by molar-refractivity contribution is 1.19. The first-order valence-corrected chi connectivity index (χ1v) is 6.79. The third kappa shape index (κ3) is 2.03. The molecule has 0 atom stereocenters. The zero-order valence-corrected chi connectivity index (χ0v) is 12.2. The van der Waals surface area contributed by atoms with E-state index in [0.717, 1.165) is 15.7 Å². The van der Waals surface area contributed by atoms with Crippen LogP contribution in [-0.4, -0.2) is 9.38 Å². The van der Waals surface area contributed by atoms with Gasteiger partial charge < -0.3 is 4.40 Å². The van der Waals surface area contributed by atoms with Crippen LogP contribution >= 0.6 is 39.1 Å². The first-order chi connectivity index (χ1) is 8.65. The van der Waals surface area contributed by atoms with Crippen LogP contribution in [0.4, 0.5) is 0 Å². The van der Waals surface area contributed by atoms with Crippen LogP contribution in [0.2, 0.25) is 10.0 Å². The summed E-state index contributed by atoms with van der Waals surface area (Å²) in [7, 11) is 0. The number of hydrogen-bond acceptors (Lipinski definition) is 1. The highest BCUT2D eigenvalue weighted by molar-refractivity contribution is 9.10. The molecule has 0 aliphatic heterocycles. The molecular formula is C13H7BrCl2N2. The minimum Gasteiger partial charge on any atom is -0.304 e. The molecule has 0 aliphatic rings. The molecule has 0 radical (unpaired) electrons. The van der Waals surface area contributed by atoms with Crippen LogP contribution in [0.15, 0.2) is 47.2 Å². The first kappa shape index (κ1) is 12.0. The molecule has 3 aromatic rings. The number of benzene rings is 1. The number of imidazole rings is 1. The quantitative estimate of drug-likeness (QED) is 0.604. The Bertz CT molecular complexity index is 737. The van der Waals surface area contributed by atoms with E-state index in [1.165, 1.54) is 0 Å². The van der Waals surface area contributed by atoms with Gasteiger partial charge in [-0.2, -0.15) is 0 Å². The number of hydrogen-bond donors (Lipinski definition) is 0. The summed E-state index contributed by atoms with van der Waals surface area (Å²) in [6.45, 7) is 0. The number of pyridine rings is 1. The Hall–Kier alpha value is -1.03. The van der Waals surface area contributed by atoms with Crippen molar-refractivity contribution in [3.63, 3.8) is 0 Å². The van der Waals surface area contributed by atoms with Gasteiger partial charge in [-0.05, 0) is 12.1 Å². The summed E-state index contributed by atoms with van der Waals surface area (Å²) < 4.78 is 2.83. The zero-order chi connectivity index (χ0) is 12.7. The van der Waals surface area contributed by atoms with E-state index in [4.69, 9.17) is 23.2 Å². The third-order valence-electron chi connectivity index (χ3n) is 2.62. The summed E-state index contributed by atoms with van der Waals surface area (Å²) in [5, 5.41) is 1.13. The van der Waals surface area contributed by atoms with Crippen molar-refractivity contribution < 1.29 is 0 Å². The molecule has 18 heavy (non-hydrogen) atoms. The normalized spacial score (nSPS) is 11.1. The molecule has 0 unspecified atom stereocenters. The Morgan fingerprint density at radius 2 is 1.89 bits per heavy atom. The van der Waals surface area contributed by atoms with Crippen molar-refractivity contribution in [3.8, 4) is 11.3 Å². The molecule has 0 spiro atoms. The molecule has 0 fully saturated rings. The third-order valence-corrected chi connectivity index (χ3v) is 3.80. The van der Waals surface area contributed by atoms with Crippen LogP contribution in [0.1, 0.15) is 0 Å². The largest absolute Gasteiger partial charge is 0.304 e. The molecule has 2 nitrogen and oxygen atoms in total. The molecule has 0 saturated carbocycles. The molecule has 2 heterocycles.